The number of nitriles is 1. The normalized spacial score (nSPS) is 8.44. The number of hydrogen-bond acceptors (Lipinski definition) is 2. The second-order valence-corrected chi connectivity index (χ2v) is 2.80. The molecular weight excluding hydrogens is 130 g/mol. The molecule has 2 heteroatoms. The molecule has 1 nitrogen and oxygen atoms in total. The zero-order valence-corrected chi connectivity index (χ0v) is 6.50. The third kappa shape index (κ3) is 5.45. The van der Waals surface area contributed by atoms with E-state index in [1.807, 2.05) is 5.40 Å². The average molecular weight is 141 g/mol. The van der Waals surface area contributed by atoms with Gasteiger partial charge in [0.25, 0.3) is 0 Å². The molecule has 0 spiro atoms. The highest BCUT2D eigenvalue weighted by atomic mass is 32.2. The lowest BCUT2D eigenvalue weighted by Gasteiger charge is -1.94. The summed E-state index contributed by atoms with van der Waals surface area (Å²) in [5.74, 6) is 0. The van der Waals surface area contributed by atoms with Crippen LogP contribution in [0.1, 0.15) is 26.2 Å². The molecule has 0 rings (SSSR count). The highest BCUT2D eigenvalue weighted by Crippen LogP contribution is 2.17. The fourth-order valence-electron chi connectivity index (χ4n) is 0.490. The molecule has 9 heavy (non-hydrogen) atoms. The van der Waals surface area contributed by atoms with E-state index in [-0.39, 0.29) is 0 Å². The fraction of sp³-hybridized carbons (Fsp3) is 0.571. The summed E-state index contributed by atoms with van der Waals surface area (Å²) in [6.45, 7) is 5.85. The van der Waals surface area contributed by atoms with E-state index in [1.165, 1.54) is 18.2 Å². The predicted molar refractivity (Wildman–Crippen MR) is 41.9 cm³/mol. The standard InChI is InChI=1S/C7H11NS/c1-3-4-5-7(2)9-6-8/h2-5H2,1H3. The summed E-state index contributed by atoms with van der Waals surface area (Å²) in [5, 5.41) is 10.2. The molecule has 0 aliphatic rings. The first kappa shape index (κ1) is 8.58. The number of thioether (sulfide) groups is 1. The number of unbranched alkanes of at least 4 members (excludes halogenated alkanes) is 1. The van der Waals surface area contributed by atoms with Crippen molar-refractivity contribution in [3.8, 4) is 5.40 Å². The molecule has 50 valence electrons. The van der Waals surface area contributed by atoms with Crippen molar-refractivity contribution >= 4 is 11.8 Å². The van der Waals surface area contributed by atoms with Crippen molar-refractivity contribution in [1.82, 2.24) is 0 Å². The van der Waals surface area contributed by atoms with Gasteiger partial charge in [-0.25, -0.2) is 0 Å². The molecule has 0 atom stereocenters. The van der Waals surface area contributed by atoms with Crippen LogP contribution in [0.4, 0.5) is 0 Å². The molecule has 0 bridgehead atoms. The second kappa shape index (κ2) is 5.71. The maximum atomic E-state index is 8.19. The van der Waals surface area contributed by atoms with E-state index < -0.39 is 0 Å². The minimum Gasteiger partial charge on any atom is -0.185 e. The molecule has 0 saturated heterocycles. The van der Waals surface area contributed by atoms with Crippen molar-refractivity contribution in [3.63, 3.8) is 0 Å². The summed E-state index contributed by atoms with van der Waals surface area (Å²) < 4.78 is 0. The maximum absolute atomic E-state index is 8.19. The Morgan fingerprint density at radius 2 is 2.44 bits per heavy atom. The van der Waals surface area contributed by atoms with Crippen LogP contribution in [0, 0.1) is 10.7 Å². The molecule has 0 aromatic heterocycles. The Morgan fingerprint density at radius 1 is 1.78 bits per heavy atom. The first-order valence-corrected chi connectivity index (χ1v) is 3.86. The number of rotatable bonds is 4. The number of thiocyanates is 1. The van der Waals surface area contributed by atoms with Crippen LogP contribution in [0.2, 0.25) is 0 Å². The van der Waals surface area contributed by atoms with Crippen molar-refractivity contribution in [2.45, 2.75) is 26.2 Å². The monoisotopic (exact) mass is 141 g/mol. The molecule has 0 saturated carbocycles. The maximum Gasteiger partial charge on any atom is 0.138 e. The van der Waals surface area contributed by atoms with Crippen molar-refractivity contribution in [3.05, 3.63) is 11.5 Å². The van der Waals surface area contributed by atoms with Gasteiger partial charge in [0.2, 0.25) is 0 Å². The van der Waals surface area contributed by atoms with Crippen LogP contribution in [0.15, 0.2) is 11.5 Å². The second-order valence-electron chi connectivity index (χ2n) is 1.84. The zero-order chi connectivity index (χ0) is 7.11. The smallest absolute Gasteiger partial charge is 0.138 e. The van der Waals surface area contributed by atoms with Crippen LogP contribution in [0.5, 0.6) is 0 Å². The van der Waals surface area contributed by atoms with Gasteiger partial charge in [0.15, 0.2) is 0 Å². The molecule has 0 aromatic rings. The predicted octanol–water partition coefficient (Wildman–Crippen LogP) is 2.90. The van der Waals surface area contributed by atoms with Crippen molar-refractivity contribution in [1.29, 1.82) is 5.26 Å². The average Bonchev–Trinajstić information content (AvgIpc) is 1.85. The van der Waals surface area contributed by atoms with Crippen molar-refractivity contribution in [2.24, 2.45) is 0 Å². The van der Waals surface area contributed by atoms with Gasteiger partial charge in [0.1, 0.15) is 5.40 Å². The van der Waals surface area contributed by atoms with E-state index in [2.05, 4.69) is 13.5 Å². The Kier molecular flexibility index (Phi) is 5.45. The Morgan fingerprint density at radius 3 is 2.89 bits per heavy atom. The van der Waals surface area contributed by atoms with E-state index in [1.54, 1.807) is 0 Å². The van der Waals surface area contributed by atoms with E-state index in [4.69, 9.17) is 5.26 Å². The van der Waals surface area contributed by atoms with Crippen LogP contribution < -0.4 is 0 Å². The van der Waals surface area contributed by atoms with E-state index in [9.17, 15) is 0 Å². The third-order valence-electron chi connectivity index (χ3n) is 0.999. The van der Waals surface area contributed by atoms with Gasteiger partial charge >= 0.3 is 0 Å². The minimum atomic E-state index is 0.981. The molecule has 0 aromatic carbocycles. The first-order valence-electron chi connectivity index (χ1n) is 3.05. The number of nitrogens with zero attached hydrogens (tertiary/aromatic N) is 1. The van der Waals surface area contributed by atoms with Crippen molar-refractivity contribution < 1.29 is 0 Å². The van der Waals surface area contributed by atoms with E-state index >= 15 is 0 Å². The number of hydrogen-bond donors (Lipinski definition) is 0. The summed E-state index contributed by atoms with van der Waals surface area (Å²) in [6.07, 6.45) is 3.30. The van der Waals surface area contributed by atoms with Gasteiger partial charge in [-0.15, -0.1) is 0 Å². The molecule has 0 N–H and O–H groups in total. The van der Waals surface area contributed by atoms with Gasteiger partial charge in [-0.3, -0.25) is 0 Å². The summed E-state index contributed by atoms with van der Waals surface area (Å²) >= 11 is 1.18. The summed E-state index contributed by atoms with van der Waals surface area (Å²) in [4.78, 5) is 0.986. The highest BCUT2D eigenvalue weighted by Gasteiger charge is 1.91. The Balaban J connectivity index is 3.19. The zero-order valence-electron chi connectivity index (χ0n) is 5.68. The van der Waals surface area contributed by atoms with Crippen LogP contribution in [-0.4, -0.2) is 0 Å². The third-order valence-corrected chi connectivity index (χ3v) is 1.58. The van der Waals surface area contributed by atoms with E-state index in [0.29, 0.717) is 0 Å². The molecular formula is C7H11NS. The van der Waals surface area contributed by atoms with E-state index in [0.717, 1.165) is 17.7 Å². The topological polar surface area (TPSA) is 23.8 Å². The van der Waals surface area contributed by atoms with Crippen molar-refractivity contribution in [2.75, 3.05) is 0 Å². The van der Waals surface area contributed by atoms with Crippen LogP contribution >= 0.6 is 11.8 Å². The number of allylic oxidation sites excluding steroid dienone is 1. The molecule has 0 aliphatic carbocycles. The Hall–Kier alpha value is -0.420. The Bertz CT molecular complexity index is 123. The van der Waals surface area contributed by atoms with Gasteiger partial charge in [-0.1, -0.05) is 19.9 Å². The Labute approximate surface area is 60.8 Å². The molecule has 0 heterocycles. The van der Waals surface area contributed by atoms with Gasteiger partial charge in [-0.2, -0.15) is 5.26 Å². The quantitative estimate of drug-likeness (QED) is 0.562. The van der Waals surface area contributed by atoms with Gasteiger partial charge < -0.3 is 0 Å². The lowest BCUT2D eigenvalue weighted by Crippen LogP contribution is -1.72. The molecule has 0 radical (unpaired) electrons. The SMILES string of the molecule is C=C(CCCC)SC#N. The summed E-state index contributed by atoms with van der Waals surface area (Å²) in [6, 6.07) is 0. The fourth-order valence-corrected chi connectivity index (χ4v) is 0.865. The van der Waals surface area contributed by atoms with Crippen LogP contribution in [-0.2, 0) is 0 Å². The molecule has 0 amide bonds. The van der Waals surface area contributed by atoms with Crippen LogP contribution in [0.3, 0.4) is 0 Å². The lowest BCUT2D eigenvalue weighted by atomic mass is 10.2. The van der Waals surface area contributed by atoms with Gasteiger partial charge in [0, 0.05) is 0 Å². The van der Waals surface area contributed by atoms with Crippen LogP contribution in [0.25, 0.3) is 0 Å². The molecule has 0 fully saturated rings. The highest BCUT2D eigenvalue weighted by molar-refractivity contribution is 8.07. The molecule has 0 aliphatic heterocycles. The molecule has 0 unspecified atom stereocenters. The first-order chi connectivity index (χ1) is 4.31. The largest absolute Gasteiger partial charge is 0.185 e. The summed E-state index contributed by atoms with van der Waals surface area (Å²) in [7, 11) is 0. The van der Waals surface area contributed by atoms with Gasteiger partial charge in [-0.05, 0) is 29.5 Å². The summed E-state index contributed by atoms with van der Waals surface area (Å²) in [5.41, 5.74) is 0. The lowest BCUT2D eigenvalue weighted by molar-refractivity contribution is 0.810. The minimum absolute atomic E-state index is 0.981. The van der Waals surface area contributed by atoms with Gasteiger partial charge in [0.05, 0.1) is 0 Å².